The Bertz CT molecular complexity index is 549. The largest absolute Gasteiger partial charge is 0.378 e. The molecule has 0 saturated carbocycles. The first-order valence-corrected chi connectivity index (χ1v) is 5.57. The van der Waals surface area contributed by atoms with E-state index in [1.807, 2.05) is 24.9 Å². The Labute approximate surface area is 137 Å². The molecule has 2 rings (SSSR count). The number of benzene rings is 1. The van der Waals surface area contributed by atoms with Gasteiger partial charge in [0.05, 0.1) is 0 Å². The summed E-state index contributed by atoms with van der Waals surface area (Å²) in [5.74, 6) is -0.344. The normalized spacial score (nSPS) is 14.9. The van der Waals surface area contributed by atoms with Crippen molar-refractivity contribution in [3.05, 3.63) is 64.6 Å². The van der Waals surface area contributed by atoms with Gasteiger partial charge < -0.3 is 4.90 Å². The zero-order chi connectivity index (χ0) is 12.6. The van der Waals surface area contributed by atoms with Crippen LogP contribution in [0.4, 0.5) is 4.39 Å². The van der Waals surface area contributed by atoms with Crippen LogP contribution in [-0.2, 0) is 32.7 Å². The molecule has 0 bridgehead atoms. The molecule has 1 radical (unpaired) electrons. The van der Waals surface area contributed by atoms with Crippen molar-refractivity contribution in [1.82, 2.24) is 4.90 Å². The minimum atomic E-state index is -0.344. The van der Waals surface area contributed by atoms with Gasteiger partial charge in [-0.3, -0.25) is 0 Å². The van der Waals surface area contributed by atoms with Crippen molar-refractivity contribution in [2.24, 2.45) is 0 Å². The Morgan fingerprint density at radius 2 is 2.06 bits per heavy atom. The molecule has 0 unspecified atom stereocenters. The predicted molar refractivity (Wildman–Crippen MR) is 68.7 cm³/mol. The van der Waals surface area contributed by atoms with E-state index in [4.69, 9.17) is 11.6 Å². The zero-order valence-electron chi connectivity index (χ0n) is 10.3. The molecule has 4 heteroatoms. The van der Waals surface area contributed by atoms with E-state index in [-0.39, 0.29) is 38.5 Å². The third kappa shape index (κ3) is 2.93. The van der Waals surface area contributed by atoms with Crippen LogP contribution in [0.3, 0.4) is 0 Å². The number of likely N-dealkylation sites (N-methyl/N-ethyl adjacent to an activating group) is 1. The second kappa shape index (κ2) is 6.14. The molecule has 1 aromatic carbocycles. The summed E-state index contributed by atoms with van der Waals surface area (Å²) in [5, 5.41) is 0.375. The molecule has 0 saturated heterocycles. The molecule has 0 spiro atoms. The van der Waals surface area contributed by atoms with Crippen molar-refractivity contribution >= 4 is 17.3 Å². The molecule has 1 aliphatic heterocycles. The molecular formula is C14H12ClFNY-. The molecule has 1 heterocycles. The summed E-state index contributed by atoms with van der Waals surface area (Å²) in [6.07, 6.45) is 5.00. The molecule has 1 nitrogen and oxygen atoms in total. The third-order valence-corrected chi connectivity index (χ3v) is 3.12. The van der Waals surface area contributed by atoms with E-state index in [0.717, 1.165) is 22.5 Å². The summed E-state index contributed by atoms with van der Waals surface area (Å²) in [6, 6.07) is 4.34. The van der Waals surface area contributed by atoms with Gasteiger partial charge in [-0.05, 0) is 22.9 Å². The fourth-order valence-corrected chi connectivity index (χ4v) is 1.95. The third-order valence-electron chi connectivity index (χ3n) is 2.81. The summed E-state index contributed by atoms with van der Waals surface area (Å²) in [5.41, 5.74) is 3.49. The first-order chi connectivity index (χ1) is 8.00. The topological polar surface area (TPSA) is 3.24 Å². The van der Waals surface area contributed by atoms with E-state index in [1.165, 1.54) is 12.1 Å². The van der Waals surface area contributed by atoms with Crippen LogP contribution in [0.1, 0.15) is 12.5 Å². The van der Waals surface area contributed by atoms with Crippen molar-refractivity contribution < 1.29 is 37.1 Å². The van der Waals surface area contributed by atoms with Crippen LogP contribution < -0.4 is 0 Å². The van der Waals surface area contributed by atoms with Gasteiger partial charge in [0.2, 0.25) is 0 Å². The summed E-state index contributed by atoms with van der Waals surface area (Å²) in [4.78, 5) is 1.90. The zero-order valence-corrected chi connectivity index (χ0v) is 13.9. The molecule has 1 aromatic rings. The molecule has 0 aromatic heterocycles. The summed E-state index contributed by atoms with van der Waals surface area (Å²) >= 11 is 6.03. The quantitative estimate of drug-likeness (QED) is 0.700. The first kappa shape index (κ1) is 15.6. The fraction of sp³-hybridized carbons (Fsp3) is 0.143. The van der Waals surface area contributed by atoms with Crippen LogP contribution in [0.5, 0.6) is 0 Å². The van der Waals surface area contributed by atoms with Crippen molar-refractivity contribution in [2.75, 3.05) is 7.05 Å². The minimum absolute atomic E-state index is 0. The van der Waals surface area contributed by atoms with E-state index in [2.05, 4.69) is 12.7 Å². The summed E-state index contributed by atoms with van der Waals surface area (Å²) < 4.78 is 13.0. The second-order valence-electron chi connectivity index (χ2n) is 3.95. The van der Waals surface area contributed by atoms with Crippen molar-refractivity contribution in [3.63, 3.8) is 0 Å². The van der Waals surface area contributed by atoms with Gasteiger partial charge in [0.25, 0.3) is 0 Å². The van der Waals surface area contributed by atoms with Gasteiger partial charge in [-0.15, -0.1) is 11.6 Å². The minimum Gasteiger partial charge on any atom is -0.378 e. The van der Waals surface area contributed by atoms with Gasteiger partial charge in [0, 0.05) is 39.8 Å². The molecule has 1 aliphatic rings. The van der Waals surface area contributed by atoms with E-state index in [9.17, 15) is 4.39 Å². The Morgan fingerprint density at radius 3 is 2.67 bits per heavy atom. The van der Waals surface area contributed by atoms with Gasteiger partial charge in [-0.1, -0.05) is 36.4 Å². The fourth-order valence-electron chi connectivity index (χ4n) is 1.70. The van der Waals surface area contributed by atoms with Gasteiger partial charge in [-0.25, -0.2) is 4.39 Å². The van der Waals surface area contributed by atoms with E-state index in [1.54, 1.807) is 6.07 Å². The predicted octanol–water partition coefficient (Wildman–Crippen LogP) is 4.03. The SMILES string of the molecule is C=C1C(C)=C[C-]=C(c2ccc(F)cc2Cl)N1C.[Y]. The molecule has 0 atom stereocenters. The number of halogens is 2. The Balaban J connectivity index is 0.00000162. The molecular weight excluding hydrogens is 326 g/mol. The van der Waals surface area contributed by atoms with E-state index < -0.39 is 0 Å². The number of hydrogen-bond donors (Lipinski definition) is 0. The van der Waals surface area contributed by atoms with Gasteiger partial charge in [0.15, 0.2) is 0 Å². The molecule has 0 N–H and O–H groups in total. The summed E-state index contributed by atoms with van der Waals surface area (Å²) in [7, 11) is 1.89. The second-order valence-corrected chi connectivity index (χ2v) is 4.36. The van der Waals surface area contributed by atoms with Crippen LogP contribution in [0, 0.1) is 11.9 Å². The Kier molecular flexibility index (Phi) is 5.33. The number of nitrogens with zero attached hydrogens (tertiary/aromatic N) is 1. The van der Waals surface area contributed by atoms with Crippen LogP contribution in [0.15, 0.2) is 42.1 Å². The maximum Gasteiger partial charge on any atom is 0.122 e. The van der Waals surface area contributed by atoms with Crippen molar-refractivity contribution in [1.29, 1.82) is 0 Å². The van der Waals surface area contributed by atoms with Crippen molar-refractivity contribution in [3.8, 4) is 0 Å². The summed E-state index contributed by atoms with van der Waals surface area (Å²) in [6.45, 7) is 5.95. The maximum atomic E-state index is 13.0. The maximum absolute atomic E-state index is 13.0. The average molecular weight is 338 g/mol. The van der Waals surface area contributed by atoms with Crippen LogP contribution >= 0.6 is 11.6 Å². The molecule has 0 fully saturated rings. The van der Waals surface area contributed by atoms with E-state index in [0.29, 0.717) is 5.02 Å². The van der Waals surface area contributed by atoms with Gasteiger partial charge >= 0.3 is 0 Å². The van der Waals surface area contributed by atoms with Crippen molar-refractivity contribution in [2.45, 2.75) is 6.92 Å². The Hall–Kier alpha value is -0.436. The first-order valence-electron chi connectivity index (χ1n) is 5.19. The standard InChI is InChI=1S/C14H12ClFN.Y/c1-9-4-7-14(17(3)10(9)2)12-6-5-11(16)8-13(12)15;/h4-6,8H,2H2,1,3H3;/q-1;. The molecule has 0 amide bonds. The van der Waals surface area contributed by atoms with Gasteiger partial charge in [-0.2, -0.15) is 12.2 Å². The monoisotopic (exact) mass is 337 g/mol. The van der Waals surface area contributed by atoms with Gasteiger partial charge in [0.1, 0.15) is 5.82 Å². The number of hydrogen-bond acceptors (Lipinski definition) is 1. The molecule has 18 heavy (non-hydrogen) atoms. The van der Waals surface area contributed by atoms with E-state index >= 15 is 0 Å². The number of allylic oxidation sites excluding steroid dienone is 3. The Morgan fingerprint density at radius 1 is 1.39 bits per heavy atom. The smallest absolute Gasteiger partial charge is 0.122 e. The molecule has 91 valence electrons. The van der Waals surface area contributed by atoms with Crippen LogP contribution in [0.25, 0.3) is 5.70 Å². The van der Waals surface area contributed by atoms with Crippen LogP contribution in [-0.4, -0.2) is 11.9 Å². The molecule has 0 aliphatic carbocycles. The average Bonchev–Trinajstić information content (AvgIpc) is 2.28. The van der Waals surface area contributed by atoms with Crippen LogP contribution in [0.2, 0.25) is 5.02 Å². The number of rotatable bonds is 1.